The zero-order valence-corrected chi connectivity index (χ0v) is 10.3. The molecule has 1 aromatic rings. The molecule has 3 rings (SSSR count). The van der Waals surface area contributed by atoms with Crippen LogP contribution < -0.4 is 0 Å². The van der Waals surface area contributed by atoms with Gasteiger partial charge in [0.05, 0.1) is 36.9 Å². The lowest BCUT2D eigenvalue weighted by molar-refractivity contribution is -0.161. The predicted octanol–water partition coefficient (Wildman–Crippen LogP) is 2.42. The quantitative estimate of drug-likeness (QED) is 0.760. The van der Waals surface area contributed by atoms with Gasteiger partial charge in [-0.05, 0) is 24.8 Å². The minimum absolute atomic E-state index is 0.0763. The summed E-state index contributed by atoms with van der Waals surface area (Å²) in [5.41, 5.74) is 0.712. The summed E-state index contributed by atoms with van der Waals surface area (Å²) >= 11 is 0. The first-order valence-electron chi connectivity index (χ1n) is 6.54. The molecule has 3 unspecified atom stereocenters. The highest BCUT2D eigenvalue weighted by Gasteiger charge is 2.44. The second-order valence-electron chi connectivity index (χ2n) is 5.12. The summed E-state index contributed by atoms with van der Waals surface area (Å²) in [6, 6.07) is 12.6. The molecule has 2 aliphatic rings. The van der Waals surface area contributed by atoms with Gasteiger partial charge < -0.3 is 9.47 Å². The maximum atomic E-state index is 9.64. The average molecular weight is 243 g/mol. The Balaban J connectivity index is 1.88. The van der Waals surface area contributed by atoms with Crippen LogP contribution >= 0.6 is 0 Å². The van der Waals surface area contributed by atoms with Crippen molar-refractivity contribution in [1.29, 1.82) is 5.26 Å². The third-order valence-corrected chi connectivity index (χ3v) is 4.11. The van der Waals surface area contributed by atoms with Gasteiger partial charge >= 0.3 is 0 Å². The Kier molecular flexibility index (Phi) is 3.07. The van der Waals surface area contributed by atoms with Gasteiger partial charge in [0, 0.05) is 0 Å². The fraction of sp³-hybridized carbons (Fsp3) is 0.533. The zero-order valence-electron chi connectivity index (χ0n) is 10.3. The van der Waals surface area contributed by atoms with Crippen LogP contribution in [0.1, 0.15) is 24.8 Å². The molecule has 0 aromatic heterocycles. The summed E-state index contributed by atoms with van der Waals surface area (Å²) < 4.78 is 11.5. The Hall–Kier alpha value is -1.37. The van der Waals surface area contributed by atoms with Crippen molar-refractivity contribution in [1.82, 2.24) is 0 Å². The number of nitriles is 1. The van der Waals surface area contributed by atoms with Crippen molar-refractivity contribution in [2.24, 2.45) is 0 Å². The first kappa shape index (κ1) is 11.7. The number of nitrogens with zero attached hydrogens (tertiary/aromatic N) is 1. The summed E-state index contributed by atoms with van der Waals surface area (Å²) in [4.78, 5) is 0. The summed E-state index contributed by atoms with van der Waals surface area (Å²) in [6.45, 7) is 1.34. The first-order chi connectivity index (χ1) is 8.84. The maximum absolute atomic E-state index is 9.64. The van der Waals surface area contributed by atoms with Crippen molar-refractivity contribution in [3.05, 3.63) is 35.9 Å². The van der Waals surface area contributed by atoms with Gasteiger partial charge in [0.25, 0.3) is 0 Å². The van der Waals surface area contributed by atoms with E-state index in [1.54, 1.807) is 0 Å². The molecule has 3 heteroatoms. The molecule has 0 radical (unpaired) electrons. The van der Waals surface area contributed by atoms with Crippen LogP contribution in [-0.4, -0.2) is 25.4 Å². The highest BCUT2D eigenvalue weighted by molar-refractivity contribution is 5.33. The van der Waals surface area contributed by atoms with E-state index in [1.807, 2.05) is 30.3 Å². The lowest BCUT2D eigenvalue weighted by Gasteiger charge is -2.42. The standard InChI is InChI=1S/C15H17NO2/c16-11-15(12-4-2-1-3-5-12)7-6-13-14(10-15)18-9-8-17-13/h1-5,13-14H,6-10H2. The summed E-state index contributed by atoms with van der Waals surface area (Å²) in [6.07, 6.45) is 2.78. The third-order valence-electron chi connectivity index (χ3n) is 4.11. The molecule has 0 spiro atoms. The van der Waals surface area contributed by atoms with Gasteiger partial charge in [0.2, 0.25) is 0 Å². The van der Waals surface area contributed by atoms with E-state index in [-0.39, 0.29) is 12.2 Å². The van der Waals surface area contributed by atoms with Crippen molar-refractivity contribution < 1.29 is 9.47 Å². The summed E-state index contributed by atoms with van der Waals surface area (Å²) in [7, 11) is 0. The van der Waals surface area contributed by atoms with E-state index in [0.29, 0.717) is 13.2 Å². The number of ether oxygens (including phenoxy) is 2. The number of hydrogen-bond acceptors (Lipinski definition) is 3. The van der Waals surface area contributed by atoms with E-state index in [2.05, 4.69) is 6.07 Å². The average Bonchev–Trinajstić information content (AvgIpc) is 2.47. The molecule has 1 aromatic carbocycles. The number of fused-ring (bicyclic) bond motifs is 1. The third kappa shape index (κ3) is 1.92. The van der Waals surface area contributed by atoms with E-state index in [9.17, 15) is 5.26 Å². The van der Waals surface area contributed by atoms with Crippen LogP contribution in [-0.2, 0) is 14.9 Å². The molecular weight excluding hydrogens is 226 g/mol. The van der Waals surface area contributed by atoms with Crippen molar-refractivity contribution >= 4 is 0 Å². The van der Waals surface area contributed by atoms with Crippen molar-refractivity contribution in [2.45, 2.75) is 36.9 Å². The van der Waals surface area contributed by atoms with E-state index >= 15 is 0 Å². The molecule has 1 saturated heterocycles. The highest BCUT2D eigenvalue weighted by Crippen LogP contribution is 2.41. The Labute approximate surface area is 107 Å². The van der Waals surface area contributed by atoms with Crippen LogP contribution in [0.3, 0.4) is 0 Å². The molecule has 0 amide bonds. The van der Waals surface area contributed by atoms with Gasteiger partial charge in [-0.15, -0.1) is 0 Å². The Morgan fingerprint density at radius 2 is 1.83 bits per heavy atom. The van der Waals surface area contributed by atoms with Crippen molar-refractivity contribution in [3.8, 4) is 6.07 Å². The fourth-order valence-electron chi connectivity index (χ4n) is 3.09. The molecule has 1 saturated carbocycles. The second kappa shape index (κ2) is 4.72. The van der Waals surface area contributed by atoms with Gasteiger partial charge in [0.1, 0.15) is 0 Å². The van der Waals surface area contributed by atoms with Gasteiger partial charge in [0.15, 0.2) is 0 Å². The van der Waals surface area contributed by atoms with Gasteiger partial charge in [-0.3, -0.25) is 0 Å². The lowest BCUT2D eigenvalue weighted by Crippen LogP contribution is -2.48. The molecule has 1 aliphatic carbocycles. The van der Waals surface area contributed by atoms with Gasteiger partial charge in [-0.1, -0.05) is 30.3 Å². The van der Waals surface area contributed by atoms with E-state index in [1.165, 1.54) is 0 Å². The monoisotopic (exact) mass is 243 g/mol. The van der Waals surface area contributed by atoms with E-state index < -0.39 is 5.41 Å². The largest absolute Gasteiger partial charge is 0.373 e. The first-order valence-corrected chi connectivity index (χ1v) is 6.54. The van der Waals surface area contributed by atoms with Crippen LogP contribution in [0.2, 0.25) is 0 Å². The lowest BCUT2D eigenvalue weighted by atomic mass is 9.68. The molecule has 0 N–H and O–H groups in total. The Morgan fingerprint density at radius 1 is 1.11 bits per heavy atom. The van der Waals surface area contributed by atoms with Crippen molar-refractivity contribution in [3.63, 3.8) is 0 Å². The molecular formula is C15H17NO2. The molecule has 94 valence electrons. The van der Waals surface area contributed by atoms with Crippen LogP contribution in [0, 0.1) is 11.3 Å². The Bertz CT molecular complexity index is 453. The van der Waals surface area contributed by atoms with Gasteiger partial charge in [-0.25, -0.2) is 0 Å². The topological polar surface area (TPSA) is 42.2 Å². The number of hydrogen-bond donors (Lipinski definition) is 0. The van der Waals surface area contributed by atoms with Crippen LogP contribution in [0.4, 0.5) is 0 Å². The Morgan fingerprint density at radius 3 is 2.56 bits per heavy atom. The SMILES string of the molecule is N#CC1(c2ccccc2)CCC2OCCOC2C1. The molecule has 3 nitrogen and oxygen atoms in total. The van der Waals surface area contributed by atoms with Crippen molar-refractivity contribution in [2.75, 3.05) is 13.2 Å². The molecule has 3 atom stereocenters. The fourth-order valence-corrected chi connectivity index (χ4v) is 3.09. The zero-order chi connectivity index (χ0) is 12.4. The number of rotatable bonds is 1. The summed E-state index contributed by atoms with van der Waals surface area (Å²) in [5, 5.41) is 9.64. The minimum Gasteiger partial charge on any atom is -0.373 e. The predicted molar refractivity (Wildman–Crippen MR) is 67.1 cm³/mol. The number of benzene rings is 1. The molecule has 0 bridgehead atoms. The maximum Gasteiger partial charge on any atom is 0.0856 e. The van der Waals surface area contributed by atoms with Crippen LogP contribution in [0.15, 0.2) is 30.3 Å². The summed E-state index contributed by atoms with van der Waals surface area (Å²) in [5.74, 6) is 0. The molecule has 1 heterocycles. The molecule has 1 aliphatic heterocycles. The van der Waals surface area contributed by atoms with Gasteiger partial charge in [-0.2, -0.15) is 5.26 Å². The van der Waals surface area contributed by atoms with Crippen LogP contribution in [0.25, 0.3) is 0 Å². The molecule has 2 fully saturated rings. The smallest absolute Gasteiger partial charge is 0.0856 e. The second-order valence-corrected chi connectivity index (χ2v) is 5.12. The van der Waals surface area contributed by atoms with Crippen LogP contribution in [0.5, 0.6) is 0 Å². The van der Waals surface area contributed by atoms with E-state index in [0.717, 1.165) is 24.8 Å². The highest BCUT2D eigenvalue weighted by atomic mass is 16.6. The normalized spacial score (nSPS) is 35.5. The minimum atomic E-state index is -0.400. The molecule has 18 heavy (non-hydrogen) atoms. The van der Waals surface area contributed by atoms with E-state index in [4.69, 9.17) is 9.47 Å².